The van der Waals surface area contributed by atoms with Crippen molar-refractivity contribution in [2.24, 2.45) is 0 Å². The van der Waals surface area contributed by atoms with Crippen LogP contribution < -0.4 is 5.32 Å². The summed E-state index contributed by atoms with van der Waals surface area (Å²) in [4.78, 5) is 19.7. The number of fused-ring (bicyclic) bond motifs is 1. The van der Waals surface area contributed by atoms with E-state index in [9.17, 15) is 4.79 Å². The quantitative estimate of drug-likeness (QED) is 0.569. The molecule has 0 fully saturated rings. The lowest BCUT2D eigenvalue weighted by atomic mass is 10.1. The Balaban J connectivity index is 1.97. The van der Waals surface area contributed by atoms with E-state index in [1.807, 2.05) is 18.4 Å². The average molecular weight is 299 g/mol. The van der Waals surface area contributed by atoms with Crippen LogP contribution in [0.1, 0.15) is 17.3 Å². The summed E-state index contributed by atoms with van der Waals surface area (Å²) >= 11 is 1.53. The van der Waals surface area contributed by atoms with Crippen molar-refractivity contribution in [1.82, 2.24) is 20.2 Å². The summed E-state index contributed by atoms with van der Waals surface area (Å²) in [5.41, 5.74) is 2.23. The monoisotopic (exact) mass is 299 g/mol. The SMILES string of the molecule is CSc1n[nH]c2ncnc(Nc3ccc(C(C)=O)cc3)c12. The Bertz CT molecular complexity index is 797. The number of nitrogens with one attached hydrogen (secondary N) is 2. The zero-order valence-corrected chi connectivity index (χ0v) is 12.4. The number of aromatic amines is 1. The van der Waals surface area contributed by atoms with Gasteiger partial charge in [-0.3, -0.25) is 9.89 Å². The van der Waals surface area contributed by atoms with Gasteiger partial charge in [-0.25, -0.2) is 9.97 Å². The molecule has 0 unspecified atom stereocenters. The van der Waals surface area contributed by atoms with Crippen molar-refractivity contribution in [2.75, 3.05) is 11.6 Å². The molecule has 0 aliphatic rings. The third kappa shape index (κ3) is 2.59. The second-order valence-corrected chi connectivity index (χ2v) is 5.23. The molecule has 2 heterocycles. The molecule has 6 nitrogen and oxygen atoms in total. The van der Waals surface area contributed by atoms with Gasteiger partial charge in [0.2, 0.25) is 0 Å². The Labute approximate surface area is 125 Å². The van der Waals surface area contributed by atoms with Gasteiger partial charge in [0.25, 0.3) is 0 Å². The molecule has 0 saturated heterocycles. The Morgan fingerprint density at radius 3 is 2.67 bits per heavy atom. The summed E-state index contributed by atoms with van der Waals surface area (Å²) in [6, 6.07) is 7.27. The molecule has 21 heavy (non-hydrogen) atoms. The maximum absolute atomic E-state index is 11.3. The maximum Gasteiger partial charge on any atom is 0.161 e. The Morgan fingerprint density at radius 2 is 2.00 bits per heavy atom. The molecule has 0 amide bonds. The minimum atomic E-state index is 0.0467. The fourth-order valence-electron chi connectivity index (χ4n) is 2.00. The van der Waals surface area contributed by atoms with Crippen LogP contribution in [-0.4, -0.2) is 32.2 Å². The van der Waals surface area contributed by atoms with E-state index >= 15 is 0 Å². The zero-order chi connectivity index (χ0) is 14.8. The molecule has 7 heteroatoms. The molecular weight excluding hydrogens is 286 g/mol. The molecule has 0 bridgehead atoms. The molecule has 0 saturated carbocycles. The first-order valence-corrected chi connectivity index (χ1v) is 7.52. The summed E-state index contributed by atoms with van der Waals surface area (Å²) in [5.74, 6) is 0.735. The Kier molecular flexibility index (Phi) is 3.57. The van der Waals surface area contributed by atoms with Crippen LogP contribution in [0.3, 0.4) is 0 Å². The van der Waals surface area contributed by atoms with Crippen LogP contribution in [0.15, 0.2) is 35.6 Å². The van der Waals surface area contributed by atoms with Gasteiger partial charge in [0.05, 0.1) is 5.39 Å². The van der Waals surface area contributed by atoms with Gasteiger partial charge < -0.3 is 5.32 Å². The summed E-state index contributed by atoms with van der Waals surface area (Å²) in [7, 11) is 0. The molecule has 2 aromatic heterocycles. The van der Waals surface area contributed by atoms with E-state index in [2.05, 4.69) is 25.5 Å². The van der Waals surface area contributed by atoms with Gasteiger partial charge in [-0.15, -0.1) is 11.8 Å². The normalized spacial score (nSPS) is 10.8. The van der Waals surface area contributed by atoms with Crippen molar-refractivity contribution in [3.63, 3.8) is 0 Å². The highest BCUT2D eigenvalue weighted by Crippen LogP contribution is 2.29. The molecule has 3 aromatic rings. The number of hydrogen-bond donors (Lipinski definition) is 2. The molecule has 1 aromatic carbocycles. The first-order valence-electron chi connectivity index (χ1n) is 6.30. The number of benzene rings is 1. The van der Waals surface area contributed by atoms with E-state index in [0.717, 1.165) is 16.1 Å². The van der Waals surface area contributed by atoms with Crippen molar-refractivity contribution >= 4 is 40.1 Å². The first-order chi connectivity index (χ1) is 10.2. The summed E-state index contributed by atoms with van der Waals surface area (Å²) in [5, 5.41) is 12.0. The number of thioether (sulfide) groups is 1. The molecule has 0 aliphatic carbocycles. The molecule has 0 aliphatic heterocycles. The van der Waals surface area contributed by atoms with Gasteiger partial charge in [-0.1, -0.05) is 0 Å². The minimum absolute atomic E-state index is 0.0467. The number of carbonyl (C=O) groups excluding carboxylic acids is 1. The van der Waals surface area contributed by atoms with Crippen molar-refractivity contribution < 1.29 is 4.79 Å². The molecular formula is C14H13N5OS. The second kappa shape index (κ2) is 5.53. The smallest absolute Gasteiger partial charge is 0.161 e. The number of rotatable bonds is 4. The molecule has 0 radical (unpaired) electrons. The van der Waals surface area contributed by atoms with Crippen molar-refractivity contribution in [2.45, 2.75) is 11.9 Å². The number of hydrogen-bond acceptors (Lipinski definition) is 6. The van der Waals surface area contributed by atoms with Crippen LogP contribution >= 0.6 is 11.8 Å². The maximum atomic E-state index is 11.3. The number of H-pyrrole nitrogens is 1. The van der Waals surface area contributed by atoms with Crippen LogP contribution in [-0.2, 0) is 0 Å². The number of carbonyl (C=O) groups is 1. The second-order valence-electron chi connectivity index (χ2n) is 4.44. The van der Waals surface area contributed by atoms with E-state index < -0.39 is 0 Å². The van der Waals surface area contributed by atoms with E-state index in [1.54, 1.807) is 19.1 Å². The van der Waals surface area contributed by atoms with Crippen molar-refractivity contribution in [3.05, 3.63) is 36.2 Å². The van der Waals surface area contributed by atoms with Crippen LogP contribution in [0.25, 0.3) is 11.0 Å². The average Bonchev–Trinajstić information content (AvgIpc) is 2.92. The topological polar surface area (TPSA) is 83.6 Å². The third-order valence-electron chi connectivity index (χ3n) is 3.07. The molecule has 106 valence electrons. The number of ketones is 1. The van der Waals surface area contributed by atoms with Gasteiger partial charge >= 0.3 is 0 Å². The van der Waals surface area contributed by atoms with E-state index in [0.29, 0.717) is 17.0 Å². The summed E-state index contributed by atoms with van der Waals surface area (Å²) in [6.07, 6.45) is 3.44. The van der Waals surface area contributed by atoms with Crippen molar-refractivity contribution in [1.29, 1.82) is 0 Å². The highest BCUT2D eigenvalue weighted by Gasteiger charge is 2.12. The van der Waals surface area contributed by atoms with E-state index in [4.69, 9.17) is 0 Å². The highest BCUT2D eigenvalue weighted by atomic mass is 32.2. The fourth-order valence-corrected chi connectivity index (χ4v) is 2.53. The van der Waals surface area contributed by atoms with Gasteiger partial charge in [0.1, 0.15) is 17.2 Å². The van der Waals surface area contributed by atoms with Crippen LogP contribution in [0.4, 0.5) is 11.5 Å². The third-order valence-corrected chi connectivity index (χ3v) is 3.75. The molecule has 0 atom stereocenters. The summed E-state index contributed by atoms with van der Waals surface area (Å²) < 4.78 is 0. The van der Waals surface area contributed by atoms with Crippen molar-refractivity contribution in [3.8, 4) is 0 Å². The standard InChI is InChI=1S/C14H13N5OS/c1-8(20)9-3-5-10(6-4-9)17-12-11-13(16-7-15-12)18-19-14(11)21-2/h3-7H,1-2H3,(H2,15,16,17,18,19). The van der Waals surface area contributed by atoms with Crippen LogP contribution in [0.2, 0.25) is 0 Å². The number of Topliss-reactive ketones (excluding diaryl/α,β-unsaturated/α-hetero) is 1. The van der Waals surface area contributed by atoms with Crippen LogP contribution in [0.5, 0.6) is 0 Å². The molecule has 2 N–H and O–H groups in total. The van der Waals surface area contributed by atoms with E-state index in [1.165, 1.54) is 18.1 Å². The highest BCUT2D eigenvalue weighted by molar-refractivity contribution is 7.98. The van der Waals surface area contributed by atoms with Gasteiger partial charge in [-0.2, -0.15) is 5.10 Å². The number of anilines is 2. The molecule has 0 spiro atoms. The molecule has 3 rings (SSSR count). The lowest BCUT2D eigenvalue weighted by Crippen LogP contribution is -1.97. The van der Waals surface area contributed by atoms with Gasteiger partial charge in [0, 0.05) is 11.3 Å². The largest absolute Gasteiger partial charge is 0.339 e. The van der Waals surface area contributed by atoms with Gasteiger partial charge in [0.15, 0.2) is 11.4 Å². The minimum Gasteiger partial charge on any atom is -0.339 e. The summed E-state index contributed by atoms with van der Waals surface area (Å²) in [6.45, 7) is 1.55. The van der Waals surface area contributed by atoms with E-state index in [-0.39, 0.29) is 5.78 Å². The Hall–Kier alpha value is -2.41. The predicted molar refractivity (Wildman–Crippen MR) is 83.2 cm³/mol. The van der Waals surface area contributed by atoms with Gasteiger partial charge in [-0.05, 0) is 37.4 Å². The first kappa shape index (κ1) is 13.6. The Morgan fingerprint density at radius 1 is 1.24 bits per heavy atom. The number of aromatic nitrogens is 4. The zero-order valence-electron chi connectivity index (χ0n) is 11.5. The predicted octanol–water partition coefficient (Wildman–Crippen LogP) is 3.02. The fraction of sp³-hybridized carbons (Fsp3) is 0.143. The lowest BCUT2D eigenvalue weighted by Gasteiger charge is -2.07. The number of nitrogens with zero attached hydrogens (tertiary/aromatic N) is 3. The van der Waals surface area contributed by atoms with Crippen LogP contribution in [0, 0.1) is 0 Å². The lowest BCUT2D eigenvalue weighted by molar-refractivity contribution is 0.101.